The van der Waals surface area contributed by atoms with Gasteiger partial charge in [0.25, 0.3) is 5.91 Å². The second kappa shape index (κ2) is 5.45. The number of carbonyl (C=O) groups excluding carboxylic acids is 1. The molecule has 2 N–H and O–H groups in total. The number of ether oxygens (including phenoxy) is 2. The van der Waals surface area contributed by atoms with Crippen molar-refractivity contribution in [2.45, 2.75) is 0 Å². The Morgan fingerprint density at radius 3 is 2.54 bits per heavy atom. The van der Waals surface area contributed by atoms with Gasteiger partial charge in [-0.25, -0.2) is 0 Å². The maximum atomic E-state index is 12.4. The van der Waals surface area contributed by atoms with Crippen LogP contribution in [0.25, 0.3) is 22.6 Å². The lowest BCUT2D eigenvalue weighted by molar-refractivity contribution is -0.110. The molecule has 1 aromatic heterocycles. The summed E-state index contributed by atoms with van der Waals surface area (Å²) in [6.45, 7) is 0. The van der Waals surface area contributed by atoms with E-state index in [1.807, 2.05) is 48.7 Å². The summed E-state index contributed by atoms with van der Waals surface area (Å²) in [6, 6.07) is 11.4. The first-order valence-corrected chi connectivity index (χ1v) is 7.56. The zero-order valence-corrected chi connectivity index (χ0v) is 13.3. The molecule has 0 aliphatic carbocycles. The summed E-state index contributed by atoms with van der Waals surface area (Å²) < 4.78 is 10.6. The predicted molar refractivity (Wildman–Crippen MR) is 94.3 cm³/mol. The van der Waals surface area contributed by atoms with Crippen molar-refractivity contribution in [1.82, 2.24) is 4.98 Å². The first-order chi connectivity index (χ1) is 11.7. The molecule has 4 rings (SSSR count). The predicted octanol–water partition coefficient (Wildman–Crippen LogP) is 3.68. The van der Waals surface area contributed by atoms with Gasteiger partial charge < -0.3 is 19.8 Å². The van der Waals surface area contributed by atoms with E-state index in [2.05, 4.69) is 10.3 Å². The highest BCUT2D eigenvalue weighted by Gasteiger charge is 2.25. The van der Waals surface area contributed by atoms with Gasteiger partial charge in [-0.1, -0.05) is 0 Å². The van der Waals surface area contributed by atoms with Crippen molar-refractivity contribution >= 4 is 34.1 Å². The fourth-order valence-corrected chi connectivity index (χ4v) is 2.96. The van der Waals surface area contributed by atoms with E-state index in [4.69, 9.17) is 9.47 Å². The summed E-state index contributed by atoms with van der Waals surface area (Å²) in [5.74, 6) is 1.38. The van der Waals surface area contributed by atoms with Crippen molar-refractivity contribution in [2.75, 3.05) is 19.5 Å². The molecule has 5 nitrogen and oxygen atoms in total. The highest BCUT2D eigenvalue weighted by molar-refractivity contribution is 6.35. The van der Waals surface area contributed by atoms with E-state index >= 15 is 0 Å². The molecule has 1 aliphatic heterocycles. The topological polar surface area (TPSA) is 63.4 Å². The molecule has 0 unspecified atom stereocenters. The summed E-state index contributed by atoms with van der Waals surface area (Å²) in [5, 5.41) is 3.89. The quantitative estimate of drug-likeness (QED) is 0.724. The van der Waals surface area contributed by atoms with Crippen LogP contribution < -0.4 is 14.8 Å². The van der Waals surface area contributed by atoms with Crippen LogP contribution in [0, 0.1) is 0 Å². The van der Waals surface area contributed by atoms with Crippen molar-refractivity contribution in [3.63, 3.8) is 0 Å². The van der Waals surface area contributed by atoms with Gasteiger partial charge in [-0.3, -0.25) is 4.79 Å². The molecule has 1 aliphatic rings. The van der Waals surface area contributed by atoms with Gasteiger partial charge in [0.05, 0.1) is 14.2 Å². The third-order valence-corrected chi connectivity index (χ3v) is 4.23. The van der Waals surface area contributed by atoms with Gasteiger partial charge in [0, 0.05) is 39.5 Å². The van der Waals surface area contributed by atoms with Crippen LogP contribution in [0.2, 0.25) is 0 Å². The zero-order chi connectivity index (χ0) is 16.7. The van der Waals surface area contributed by atoms with E-state index in [-0.39, 0.29) is 5.91 Å². The Labute approximate surface area is 138 Å². The van der Waals surface area contributed by atoms with E-state index in [0.717, 1.165) is 39.2 Å². The molecule has 0 fully saturated rings. The minimum atomic E-state index is -0.115. The maximum absolute atomic E-state index is 12.4. The van der Waals surface area contributed by atoms with Crippen LogP contribution in [0.4, 0.5) is 5.69 Å². The zero-order valence-electron chi connectivity index (χ0n) is 13.3. The summed E-state index contributed by atoms with van der Waals surface area (Å²) in [6.07, 6.45) is 3.78. The molecule has 24 heavy (non-hydrogen) atoms. The molecule has 2 heterocycles. The number of aromatic nitrogens is 1. The Hall–Kier alpha value is -3.21. The number of H-pyrrole nitrogens is 1. The number of rotatable bonds is 3. The molecule has 0 atom stereocenters. The van der Waals surface area contributed by atoms with E-state index in [1.54, 1.807) is 14.2 Å². The lowest BCUT2D eigenvalue weighted by Gasteiger charge is -2.03. The Morgan fingerprint density at radius 2 is 1.75 bits per heavy atom. The largest absolute Gasteiger partial charge is 0.497 e. The third kappa shape index (κ3) is 2.22. The van der Waals surface area contributed by atoms with Gasteiger partial charge in [0.15, 0.2) is 0 Å². The smallest absolute Gasteiger partial charge is 0.256 e. The Kier molecular flexibility index (Phi) is 3.27. The second-order valence-electron chi connectivity index (χ2n) is 5.58. The van der Waals surface area contributed by atoms with Crippen molar-refractivity contribution in [1.29, 1.82) is 0 Å². The van der Waals surface area contributed by atoms with E-state index < -0.39 is 0 Å². The number of amides is 1. The minimum Gasteiger partial charge on any atom is -0.497 e. The van der Waals surface area contributed by atoms with Gasteiger partial charge in [-0.2, -0.15) is 0 Å². The number of anilines is 1. The summed E-state index contributed by atoms with van der Waals surface area (Å²) in [4.78, 5) is 15.6. The Bertz CT molecular complexity index is 985. The van der Waals surface area contributed by atoms with E-state index in [0.29, 0.717) is 5.57 Å². The maximum Gasteiger partial charge on any atom is 0.256 e. The molecule has 120 valence electrons. The van der Waals surface area contributed by atoms with Crippen LogP contribution in [0.15, 0.2) is 42.6 Å². The number of aromatic amines is 1. The molecule has 5 heteroatoms. The van der Waals surface area contributed by atoms with Crippen LogP contribution in [-0.4, -0.2) is 25.1 Å². The number of nitrogens with one attached hydrogen (secondary N) is 2. The van der Waals surface area contributed by atoms with Gasteiger partial charge in [-0.05, 0) is 42.5 Å². The lowest BCUT2D eigenvalue weighted by atomic mass is 10.0. The molecule has 0 radical (unpaired) electrons. The lowest BCUT2D eigenvalue weighted by Crippen LogP contribution is -2.03. The van der Waals surface area contributed by atoms with Crippen LogP contribution in [0.3, 0.4) is 0 Å². The second-order valence-corrected chi connectivity index (χ2v) is 5.58. The van der Waals surface area contributed by atoms with Crippen LogP contribution in [-0.2, 0) is 4.79 Å². The Morgan fingerprint density at radius 1 is 1.00 bits per heavy atom. The molecular weight excluding hydrogens is 304 g/mol. The van der Waals surface area contributed by atoms with Crippen molar-refractivity contribution in [3.05, 3.63) is 53.7 Å². The first kappa shape index (κ1) is 14.4. The summed E-state index contributed by atoms with van der Waals surface area (Å²) >= 11 is 0. The highest BCUT2D eigenvalue weighted by Crippen LogP contribution is 2.36. The number of hydrogen-bond donors (Lipinski definition) is 2. The molecular formula is C19H16N2O3. The molecule has 0 saturated carbocycles. The van der Waals surface area contributed by atoms with Crippen molar-refractivity contribution in [2.24, 2.45) is 0 Å². The van der Waals surface area contributed by atoms with Gasteiger partial charge in [0.2, 0.25) is 0 Å². The number of benzene rings is 2. The van der Waals surface area contributed by atoms with Gasteiger partial charge >= 0.3 is 0 Å². The molecule has 1 amide bonds. The Balaban J connectivity index is 1.86. The monoisotopic (exact) mass is 320 g/mol. The number of hydrogen-bond acceptors (Lipinski definition) is 3. The summed E-state index contributed by atoms with van der Waals surface area (Å²) in [7, 11) is 3.25. The normalized spacial score (nSPS) is 14.8. The molecule has 2 aromatic carbocycles. The SMILES string of the molecule is COc1ccc2c(c1)C(=Cc1c[nH]c3ccc(OC)cc13)C(=O)N2. The highest BCUT2D eigenvalue weighted by atomic mass is 16.5. The fraction of sp³-hybridized carbons (Fsp3) is 0.105. The van der Waals surface area contributed by atoms with E-state index in [9.17, 15) is 4.79 Å². The van der Waals surface area contributed by atoms with Crippen LogP contribution in [0.5, 0.6) is 11.5 Å². The van der Waals surface area contributed by atoms with Crippen molar-refractivity contribution in [3.8, 4) is 11.5 Å². The molecule has 0 bridgehead atoms. The van der Waals surface area contributed by atoms with Crippen molar-refractivity contribution < 1.29 is 14.3 Å². The summed E-state index contributed by atoms with van der Waals surface area (Å²) in [5.41, 5.74) is 4.19. The first-order valence-electron chi connectivity index (χ1n) is 7.56. The van der Waals surface area contributed by atoms with Crippen LogP contribution in [0.1, 0.15) is 11.1 Å². The number of methoxy groups -OCH3 is 2. The minimum absolute atomic E-state index is 0.115. The van der Waals surface area contributed by atoms with Gasteiger partial charge in [0.1, 0.15) is 11.5 Å². The van der Waals surface area contributed by atoms with E-state index in [1.165, 1.54) is 0 Å². The van der Waals surface area contributed by atoms with Gasteiger partial charge in [-0.15, -0.1) is 0 Å². The number of fused-ring (bicyclic) bond motifs is 2. The van der Waals surface area contributed by atoms with Crippen LogP contribution >= 0.6 is 0 Å². The number of carbonyl (C=O) groups is 1. The fourth-order valence-electron chi connectivity index (χ4n) is 2.96. The third-order valence-electron chi connectivity index (χ3n) is 4.23. The molecule has 3 aromatic rings. The average molecular weight is 320 g/mol. The average Bonchev–Trinajstić information content (AvgIpc) is 3.15. The molecule has 0 spiro atoms. The molecule has 0 saturated heterocycles. The standard InChI is InChI=1S/C19H16N2O3/c1-23-12-3-5-17-14(8-12)11(10-20-17)7-16-15-9-13(24-2)4-6-18(15)21-19(16)22/h3-10,20H,1-2H3,(H,21,22).